The number of carbonyl (C=O) groups is 1. The number of carboxylic acids is 1. The van der Waals surface area contributed by atoms with E-state index in [4.69, 9.17) is 5.11 Å². The van der Waals surface area contributed by atoms with Crippen LogP contribution in [0.5, 0.6) is 0 Å². The van der Waals surface area contributed by atoms with Crippen molar-refractivity contribution in [2.75, 3.05) is 18.5 Å². The molecule has 0 atom stereocenters. The number of aryl methyl sites for hydroxylation is 1. The van der Waals surface area contributed by atoms with Gasteiger partial charge >= 0.3 is 5.97 Å². The fraction of sp³-hybridized carbons (Fsp3) is 0.267. The maximum absolute atomic E-state index is 13.9. The Morgan fingerprint density at radius 2 is 2.10 bits per heavy atom. The van der Waals surface area contributed by atoms with E-state index in [0.717, 1.165) is 5.56 Å². The number of benzene rings is 1. The van der Waals surface area contributed by atoms with Crippen LogP contribution in [0.3, 0.4) is 0 Å². The van der Waals surface area contributed by atoms with Crippen LogP contribution in [0.15, 0.2) is 30.5 Å². The molecule has 0 fully saturated rings. The second-order valence-corrected chi connectivity index (χ2v) is 4.75. The fourth-order valence-electron chi connectivity index (χ4n) is 1.91. The minimum atomic E-state index is -0.886. The summed E-state index contributed by atoms with van der Waals surface area (Å²) in [4.78, 5) is 20.8. The predicted octanol–water partition coefficient (Wildman–Crippen LogP) is 2.50. The van der Waals surface area contributed by atoms with Crippen LogP contribution in [0.25, 0.3) is 11.3 Å². The third kappa shape index (κ3) is 3.53. The molecule has 1 heterocycles. The molecule has 2 aromatic rings. The highest BCUT2D eigenvalue weighted by Gasteiger charge is 2.13. The first-order valence-corrected chi connectivity index (χ1v) is 6.50. The number of hydrogen-bond donors (Lipinski definition) is 1. The lowest BCUT2D eigenvalue weighted by Gasteiger charge is -2.17. The van der Waals surface area contributed by atoms with Gasteiger partial charge in [0.25, 0.3) is 0 Å². The lowest BCUT2D eigenvalue weighted by molar-refractivity contribution is -0.136. The minimum absolute atomic E-state index is 0.0111. The van der Waals surface area contributed by atoms with Crippen LogP contribution >= 0.6 is 0 Å². The second kappa shape index (κ2) is 6.30. The normalized spacial score (nSPS) is 10.4. The number of aromatic nitrogens is 2. The molecule has 6 heteroatoms. The van der Waals surface area contributed by atoms with E-state index in [9.17, 15) is 9.18 Å². The number of hydrogen-bond acceptors (Lipinski definition) is 4. The van der Waals surface area contributed by atoms with Gasteiger partial charge in [0, 0.05) is 25.4 Å². The maximum Gasteiger partial charge on any atom is 0.305 e. The summed E-state index contributed by atoms with van der Waals surface area (Å²) in [5.74, 6) is -0.859. The Kier molecular flexibility index (Phi) is 4.47. The largest absolute Gasteiger partial charge is 0.481 e. The van der Waals surface area contributed by atoms with Crippen LogP contribution in [-0.2, 0) is 4.79 Å². The summed E-state index contributed by atoms with van der Waals surface area (Å²) in [6, 6.07) is 6.40. The number of anilines is 1. The zero-order valence-electron chi connectivity index (χ0n) is 11.9. The minimum Gasteiger partial charge on any atom is -0.481 e. The fourth-order valence-corrected chi connectivity index (χ4v) is 1.91. The van der Waals surface area contributed by atoms with E-state index in [1.54, 1.807) is 36.3 Å². The van der Waals surface area contributed by atoms with Crippen LogP contribution in [0.2, 0.25) is 0 Å². The van der Waals surface area contributed by atoms with Crippen LogP contribution in [0, 0.1) is 12.7 Å². The van der Waals surface area contributed by atoms with Crippen molar-refractivity contribution < 1.29 is 14.3 Å². The van der Waals surface area contributed by atoms with Crippen LogP contribution in [0.1, 0.15) is 12.0 Å². The summed E-state index contributed by atoms with van der Waals surface area (Å²) in [5, 5.41) is 8.71. The second-order valence-electron chi connectivity index (χ2n) is 4.75. The van der Waals surface area contributed by atoms with Crippen LogP contribution in [-0.4, -0.2) is 34.6 Å². The van der Waals surface area contributed by atoms with Gasteiger partial charge < -0.3 is 10.0 Å². The summed E-state index contributed by atoms with van der Waals surface area (Å²) in [7, 11) is 1.71. The monoisotopic (exact) mass is 289 g/mol. The molecule has 5 nitrogen and oxygen atoms in total. The number of aliphatic carboxylic acids is 1. The Balaban J connectivity index is 2.34. The average molecular weight is 289 g/mol. The topological polar surface area (TPSA) is 66.3 Å². The number of carboxylic acid groups (broad SMARTS) is 1. The van der Waals surface area contributed by atoms with E-state index in [-0.39, 0.29) is 18.8 Å². The maximum atomic E-state index is 13.9. The van der Waals surface area contributed by atoms with Crippen molar-refractivity contribution in [2.45, 2.75) is 13.3 Å². The van der Waals surface area contributed by atoms with Gasteiger partial charge in [-0.15, -0.1) is 0 Å². The highest BCUT2D eigenvalue weighted by atomic mass is 19.1. The molecule has 0 saturated carbocycles. The lowest BCUT2D eigenvalue weighted by Crippen LogP contribution is -2.23. The molecule has 110 valence electrons. The van der Waals surface area contributed by atoms with E-state index in [0.29, 0.717) is 17.2 Å². The Bertz CT molecular complexity index is 661. The van der Waals surface area contributed by atoms with Crippen molar-refractivity contribution >= 4 is 11.9 Å². The molecular formula is C15H16FN3O2. The summed E-state index contributed by atoms with van der Waals surface area (Å²) >= 11 is 0. The van der Waals surface area contributed by atoms with Gasteiger partial charge in [-0.2, -0.15) is 0 Å². The summed E-state index contributed by atoms with van der Waals surface area (Å²) in [6.45, 7) is 2.10. The van der Waals surface area contributed by atoms with Gasteiger partial charge in [-0.25, -0.2) is 14.4 Å². The Labute approximate surface area is 122 Å². The van der Waals surface area contributed by atoms with Crippen molar-refractivity contribution in [3.63, 3.8) is 0 Å². The molecule has 21 heavy (non-hydrogen) atoms. The van der Waals surface area contributed by atoms with Crippen LogP contribution in [0.4, 0.5) is 10.3 Å². The van der Waals surface area contributed by atoms with Gasteiger partial charge in [-0.1, -0.05) is 12.1 Å². The zero-order chi connectivity index (χ0) is 15.4. The van der Waals surface area contributed by atoms with E-state index in [1.807, 2.05) is 6.92 Å². The lowest BCUT2D eigenvalue weighted by atomic mass is 10.1. The summed E-state index contributed by atoms with van der Waals surface area (Å²) < 4.78 is 13.9. The highest BCUT2D eigenvalue weighted by Crippen LogP contribution is 2.25. The van der Waals surface area contributed by atoms with Crippen molar-refractivity contribution in [3.05, 3.63) is 41.8 Å². The Morgan fingerprint density at radius 3 is 2.76 bits per heavy atom. The average Bonchev–Trinajstić information content (AvgIpc) is 2.46. The van der Waals surface area contributed by atoms with Gasteiger partial charge in [-0.05, 0) is 24.6 Å². The van der Waals surface area contributed by atoms with Crippen molar-refractivity contribution in [1.29, 1.82) is 0 Å². The highest BCUT2D eigenvalue weighted by molar-refractivity contribution is 5.68. The van der Waals surface area contributed by atoms with Gasteiger partial charge in [0.2, 0.25) is 5.95 Å². The van der Waals surface area contributed by atoms with E-state index in [1.165, 1.54) is 6.07 Å². The van der Waals surface area contributed by atoms with Gasteiger partial charge in [-0.3, -0.25) is 4.79 Å². The molecule has 0 saturated heterocycles. The first-order chi connectivity index (χ1) is 9.99. The molecule has 1 aromatic heterocycles. The first kappa shape index (κ1) is 14.9. The van der Waals surface area contributed by atoms with E-state index < -0.39 is 5.97 Å². The molecule has 0 radical (unpaired) electrons. The van der Waals surface area contributed by atoms with Crippen molar-refractivity contribution in [1.82, 2.24) is 9.97 Å². The molecule has 2 rings (SSSR count). The summed E-state index contributed by atoms with van der Waals surface area (Å²) in [6.07, 6.45) is 1.60. The molecular weight excluding hydrogens is 273 g/mol. The molecule has 0 aliphatic carbocycles. The molecule has 1 N–H and O–H groups in total. The molecule has 0 bridgehead atoms. The molecule has 0 aliphatic heterocycles. The molecule has 0 amide bonds. The Hall–Kier alpha value is -2.50. The first-order valence-electron chi connectivity index (χ1n) is 6.50. The number of rotatable bonds is 5. The van der Waals surface area contributed by atoms with Crippen molar-refractivity contribution in [2.24, 2.45) is 0 Å². The van der Waals surface area contributed by atoms with Gasteiger partial charge in [0.15, 0.2) is 0 Å². The van der Waals surface area contributed by atoms with Gasteiger partial charge in [0.05, 0.1) is 12.1 Å². The van der Waals surface area contributed by atoms with E-state index in [2.05, 4.69) is 9.97 Å². The van der Waals surface area contributed by atoms with Crippen LogP contribution < -0.4 is 4.90 Å². The Morgan fingerprint density at radius 1 is 1.38 bits per heavy atom. The SMILES string of the molecule is Cc1cnc(N(C)CCC(=O)O)nc1-c1ccccc1F. The molecule has 0 unspecified atom stereocenters. The summed E-state index contributed by atoms with van der Waals surface area (Å²) in [5.41, 5.74) is 1.68. The molecule has 0 aliphatic rings. The van der Waals surface area contributed by atoms with E-state index >= 15 is 0 Å². The number of nitrogens with zero attached hydrogens (tertiary/aromatic N) is 3. The molecule has 0 spiro atoms. The predicted molar refractivity (Wildman–Crippen MR) is 77.7 cm³/mol. The number of halogens is 1. The van der Waals surface area contributed by atoms with Crippen molar-refractivity contribution in [3.8, 4) is 11.3 Å². The third-order valence-corrected chi connectivity index (χ3v) is 3.09. The standard InChI is InChI=1S/C15H16FN3O2/c1-10-9-17-15(19(2)8-7-13(20)21)18-14(10)11-5-3-4-6-12(11)16/h3-6,9H,7-8H2,1-2H3,(H,20,21). The molecule has 1 aromatic carbocycles. The van der Waals surface area contributed by atoms with Gasteiger partial charge in [0.1, 0.15) is 5.82 Å². The third-order valence-electron chi connectivity index (χ3n) is 3.09. The zero-order valence-corrected chi connectivity index (χ0v) is 11.9. The quantitative estimate of drug-likeness (QED) is 0.916. The smallest absolute Gasteiger partial charge is 0.305 e.